The van der Waals surface area contributed by atoms with Gasteiger partial charge in [-0.2, -0.15) is 0 Å². The molecule has 2 rings (SSSR count). The van der Waals surface area contributed by atoms with Crippen LogP contribution in [0.1, 0.15) is 19.8 Å². The molecule has 2 aliphatic rings. The normalized spacial score (nSPS) is 25.8. The summed E-state index contributed by atoms with van der Waals surface area (Å²) >= 11 is 0. The maximum absolute atomic E-state index is 11.7. The number of fused-ring (bicyclic) bond motifs is 2. The lowest BCUT2D eigenvalue weighted by molar-refractivity contribution is -0.211. The summed E-state index contributed by atoms with van der Waals surface area (Å²) in [4.78, 5) is 55.1. The van der Waals surface area contributed by atoms with E-state index in [9.17, 15) is 19.2 Å². The fourth-order valence-corrected chi connectivity index (χ4v) is 1.48. The number of nitrogens with zero attached hydrogens (tertiary/aromatic N) is 2. The molecule has 1 unspecified atom stereocenters. The molecule has 2 bridgehead atoms. The van der Waals surface area contributed by atoms with Crippen LogP contribution in [0.4, 0.5) is 4.79 Å². The summed E-state index contributed by atoms with van der Waals surface area (Å²) in [6.07, 6.45) is -0.433. The van der Waals surface area contributed by atoms with Crippen LogP contribution >= 0.6 is 0 Å². The minimum absolute atomic E-state index is 0.0442. The van der Waals surface area contributed by atoms with Crippen molar-refractivity contribution < 1.29 is 28.9 Å². The van der Waals surface area contributed by atoms with Gasteiger partial charge in [0.2, 0.25) is 0 Å². The number of hydroxylamine groups is 4. The van der Waals surface area contributed by atoms with E-state index in [1.165, 1.54) is 6.92 Å². The van der Waals surface area contributed by atoms with Gasteiger partial charge in [-0.1, -0.05) is 12.0 Å². The SMILES string of the molecule is CC1CN2OC(=O)CCC(=O)ON(C1=O)C2=O. The number of hydrogen-bond acceptors (Lipinski definition) is 6. The number of carbonyl (C=O) groups excluding carboxylic acids is 4. The average Bonchev–Trinajstić information content (AvgIpc) is 2.31. The molecule has 0 aromatic heterocycles. The highest BCUT2D eigenvalue weighted by molar-refractivity contribution is 5.98. The maximum Gasteiger partial charge on any atom is 0.394 e. The number of rotatable bonds is 0. The van der Waals surface area contributed by atoms with Crippen LogP contribution in [0.15, 0.2) is 0 Å². The number of hydrogen-bond donors (Lipinski definition) is 0. The van der Waals surface area contributed by atoms with Gasteiger partial charge in [0.1, 0.15) is 0 Å². The van der Waals surface area contributed by atoms with Crippen LogP contribution in [-0.2, 0) is 24.1 Å². The predicted molar refractivity (Wildman–Crippen MR) is 49.5 cm³/mol. The molecular weight excluding hydrogens is 232 g/mol. The van der Waals surface area contributed by atoms with Crippen molar-refractivity contribution in [1.82, 2.24) is 10.1 Å². The van der Waals surface area contributed by atoms with Crippen molar-refractivity contribution in [2.45, 2.75) is 19.8 Å². The van der Waals surface area contributed by atoms with E-state index in [1.807, 2.05) is 0 Å². The van der Waals surface area contributed by atoms with E-state index >= 15 is 0 Å². The molecule has 2 fully saturated rings. The third-order valence-corrected chi connectivity index (χ3v) is 2.39. The van der Waals surface area contributed by atoms with Crippen LogP contribution in [0.25, 0.3) is 0 Å². The second-order valence-corrected chi connectivity index (χ2v) is 3.80. The summed E-state index contributed by atoms with van der Waals surface area (Å²) < 4.78 is 0. The van der Waals surface area contributed by atoms with Gasteiger partial charge in [-0.15, -0.1) is 5.06 Å². The third-order valence-electron chi connectivity index (χ3n) is 2.39. The lowest BCUT2D eigenvalue weighted by atomic mass is 10.1. The molecule has 1 atom stereocenters. The molecule has 0 aromatic carbocycles. The van der Waals surface area contributed by atoms with Crippen molar-refractivity contribution >= 4 is 23.9 Å². The molecule has 0 radical (unpaired) electrons. The Morgan fingerprint density at radius 2 is 1.65 bits per heavy atom. The lowest BCUT2D eigenvalue weighted by Gasteiger charge is -2.32. The molecule has 0 saturated carbocycles. The Morgan fingerprint density at radius 3 is 2.29 bits per heavy atom. The first-order valence-electron chi connectivity index (χ1n) is 5.06. The Labute approximate surface area is 95.9 Å². The van der Waals surface area contributed by atoms with Gasteiger partial charge in [0, 0.05) is 0 Å². The van der Waals surface area contributed by atoms with Crippen molar-refractivity contribution in [3.05, 3.63) is 0 Å². The first-order valence-corrected chi connectivity index (χ1v) is 5.06. The van der Waals surface area contributed by atoms with Gasteiger partial charge in [-0.25, -0.2) is 14.4 Å². The highest BCUT2D eigenvalue weighted by Gasteiger charge is 2.43. The van der Waals surface area contributed by atoms with E-state index in [0.717, 1.165) is 5.06 Å². The molecule has 2 aliphatic heterocycles. The molecule has 2 heterocycles. The van der Waals surface area contributed by atoms with Crippen LogP contribution in [-0.4, -0.2) is 40.5 Å². The summed E-state index contributed by atoms with van der Waals surface area (Å²) in [7, 11) is 0. The standard InChI is InChI=1S/C9H10N2O6/c1-5-4-10-9(15)11(8(5)14)17-7(13)3-2-6(12)16-10/h5H,2-4H2,1H3. The Balaban J connectivity index is 2.30. The van der Waals surface area contributed by atoms with Crippen molar-refractivity contribution in [3.8, 4) is 0 Å². The van der Waals surface area contributed by atoms with Gasteiger partial charge in [0.05, 0.1) is 25.3 Å². The summed E-state index contributed by atoms with van der Waals surface area (Å²) in [6, 6.07) is -0.961. The van der Waals surface area contributed by atoms with E-state index in [0.29, 0.717) is 5.06 Å². The van der Waals surface area contributed by atoms with Gasteiger partial charge in [0.15, 0.2) is 0 Å². The number of carbonyl (C=O) groups is 4. The van der Waals surface area contributed by atoms with Gasteiger partial charge in [-0.3, -0.25) is 4.79 Å². The van der Waals surface area contributed by atoms with Crippen LogP contribution in [0.2, 0.25) is 0 Å². The molecule has 0 spiro atoms. The van der Waals surface area contributed by atoms with Crippen molar-refractivity contribution in [3.63, 3.8) is 0 Å². The minimum atomic E-state index is -0.961. The van der Waals surface area contributed by atoms with E-state index in [4.69, 9.17) is 4.84 Å². The van der Waals surface area contributed by atoms with Crippen LogP contribution in [0, 0.1) is 5.92 Å². The van der Waals surface area contributed by atoms with Gasteiger partial charge >= 0.3 is 18.0 Å². The van der Waals surface area contributed by atoms with Crippen molar-refractivity contribution in [2.24, 2.45) is 5.92 Å². The number of urea groups is 1. The highest BCUT2D eigenvalue weighted by atomic mass is 16.8. The van der Waals surface area contributed by atoms with Crippen LogP contribution in [0.3, 0.4) is 0 Å². The molecule has 3 amide bonds. The van der Waals surface area contributed by atoms with E-state index in [2.05, 4.69) is 4.84 Å². The van der Waals surface area contributed by atoms with Crippen LogP contribution < -0.4 is 0 Å². The van der Waals surface area contributed by atoms with Crippen LogP contribution in [0.5, 0.6) is 0 Å². The molecule has 92 valence electrons. The van der Waals surface area contributed by atoms with E-state index < -0.39 is 29.8 Å². The number of amides is 3. The number of imide groups is 1. The molecule has 0 aromatic rings. The zero-order valence-electron chi connectivity index (χ0n) is 9.04. The Hall–Kier alpha value is -2.12. The van der Waals surface area contributed by atoms with Gasteiger partial charge < -0.3 is 9.68 Å². The summed E-state index contributed by atoms with van der Waals surface area (Å²) in [6.45, 7) is 1.49. The minimum Gasteiger partial charge on any atom is -0.337 e. The Bertz CT molecular complexity index is 406. The fraction of sp³-hybridized carbons (Fsp3) is 0.556. The molecular formula is C9H10N2O6. The maximum atomic E-state index is 11.7. The molecule has 8 heteroatoms. The van der Waals surface area contributed by atoms with Crippen molar-refractivity contribution in [1.29, 1.82) is 0 Å². The zero-order valence-corrected chi connectivity index (χ0v) is 9.04. The average molecular weight is 242 g/mol. The van der Waals surface area contributed by atoms with Gasteiger partial charge in [0.25, 0.3) is 5.91 Å². The molecule has 17 heavy (non-hydrogen) atoms. The predicted octanol–water partition coefficient (Wildman–Crippen LogP) is -0.403. The third kappa shape index (κ3) is 2.05. The second kappa shape index (κ2) is 4.04. The van der Waals surface area contributed by atoms with Gasteiger partial charge in [-0.05, 0) is 0 Å². The smallest absolute Gasteiger partial charge is 0.337 e. The molecule has 8 nitrogen and oxygen atoms in total. The molecule has 0 aliphatic carbocycles. The Morgan fingerprint density at radius 1 is 1.06 bits per heavy atom. The summed E-state index contributed by atoms with van der Waals surface area (Å²) in [5, 5.41) is 1.07. The topological polar surface area (TPSA) is 93.2 Å². The largest absolute Gasteiger partial charge is 0.394 e. The molecule has 0 N–H and O–H groups in total. The molecule has 2 saturated heterocycles. The second-order valence-electron chi connectivity index (χ2n) is 3.80. The first-order chi connectivity index (χ1) is 7.99. The first kappa shape index (κ1) is 11.4. The van der Waals surface area contributed by atoms with Crippen molar-refractivity contribution in [2.75, 3.05) is 6.54 Å². The van der Waals surface area contributed by atoms with E-state index in [-0.39, 0.29) is 19.4 Å². The summed E-state index contributed by atoms with van der Waals surface area (Å²) in [5.41, 5.74) is 0. The highest BCUT2D eigenvalue weighted by Crippen LogP contribution is 2.19. The fourth-order valence-electron chi connectivity index (χ4n) is 1.48. The lowest BCUT2D eigenvalue weighted by Crippen LogP contribution is -2.56. The Kier molecular flexibility index (Phi) is 2.70. The quantitative estimate of drug-likeness (QED) is 0.573. The zero-order chi connectivity index (χ0) is 12.6. The van der Waals surface area contributed by atoms with E-state index in [1.54, 1.807) is 0 Å². The summed E-state index contributed by atoms with van der Waals surface area (Å²) in [5.74, 6) is -2.76. The monoisotopic (exact) mass is 242 g/mol.